The third-order valence-corrected chi connectivity index (χ3v) is 7.62. The maximum Gasteiger partial charge on any atom is 0.256 e. The van der Waals surface area contributed by atoms with E-state index < -0.39 is 6.04 Å². The van der Waals surface area contributed by atoms with Crippen molar-refractivity contribution in [3.63, 3.8) is 0 Å². The van der Waals surface area contributed by atoms with Crippen molar-refractivity contribution in [2.24, 2.45) is 0 Å². The molecule has 1 aromatic carbocycles. The van der Waals surface area contributed by atoms with Gasteiger partial charge in [0.05, 0.1) is 0 Å². The molecule has 2 amide bonds. The normalized spacial score (nSPS) is 30.1. The van der Waals surface area contributed by atoms with Gasteiger partial charge in [-0.3, -0.25) is 9.59 Å². The molecule has 2 fully saturated rings. The molecule has 3 heterocycles. The molecule has 3 aliphatic heterocycles. The molecule has 28 heavy (non-hydrogen) atoms. The number of nitrogens with zero attached hydrogens (tertiary/aromatic N) is 1. The number of hydrogen-bond acceptors (Lipinski definition) is 4. The van der Waals surface area contributed by atoms with Gasteiger partial charge in [-0.05, 0) is 66.0 Å². The lowest BCUT2D eigenvalue weighted by molar-refractivity contribution is -0.127. The molecular formula is C22H31N3O2S. The second-order valence-corrected chi connectivity index (χ2v) is 12.0. The van der Waals surface area contributed by atoms with Crippen LogP contribution >= 0.6 is 11.8 Å². The Balaban J connectivity index is 1.58. The van der Waals surface area contributed by atoms with Crippen molar-refractivity contribution >= 4 is 23.6 Å². The summed E-state index contributed by atoms with van der Waals surface area (Å²) in [5.74, 6) is -0.0514. The van der Waals surface area contributed by atoms with Crippen LogP contribution in [0.1, 0.15) is 75.7 Å². The van der Waals surface area contributed by atoms with Crippen LogP contribution in [-0.4, -0.2) is 44.6 Å². The molecule has 4 rings (SSSR count). The van der Waals surface area contributed by atoms with E-state index >= 15 is 0 Å². The van der Waals surface area contributed by atoms with Crippen LogP contribution in [0, 0.1) is 0 Å². The van der Waals surface area contributed by atoms with Crippen LogP contribution in [0.5, 0.6) is 0 Å². The Labute approximate surface area is 172 Å². The maximum atomic E-state index is 13.5. The summed E-state index contributed by atoms with van der Waals surface area (Å²) in [7, 11) is 0. The van der Waals surface area contributed by atoms with Gasteiger partial charge in [0.1, 0.15) is 11.4 Å². The highest BCUT2D eigenvalue weighted by Crippen LogP contribution is 2.56. The highest BCUT2D eigenvalue weighted by molar-refractivity contribution is 8.01. The predicted molar refractivity (Wildman–Crippen MR) is 113 cm³/mol. The number of fused-ring (bicyclic) bond motifs is 3. The first-order chi connectivity index (χ1) is 12.9. The summed E-state index contributed by atoms with van der Waals surface area (Å²) < 4.78 is -0.337. The Morgan fingerprint density at radius 3 is 2.36 bits per heavy atom. The van der Waals surface area contributed by atoms with E-state index in [1.165, 1.54) is 0 Å². The van der Waals surface area contributed by atoms with Crippen LogP contribution in [0.25, 0.3) is 0 Å². The number of carbonyl (C=O) groups is 2. The van der Waals surface area contributed by atoms with E-state index in [1.807, 2.05) is 29.2 Å². The van der Waals surface area contributed by atoms with E-state index in [1.54, 1.807) is 11.8 Å². The van der Waals surface area contributed by atoms with Gasteiger partial charge in [0, 0.05) is 27.4 Å². The first kappa shape index (κ1) is 19.8. The predicted octanol–water partition coefficient (Wildman–Crippen LogP) is 3.46. The number of benzene rings is 1. The van der Waals surface area contributed by atoms with Crippen LogP contribution in [0.3, 0.4) is 0 Å². The second kappa shape index (κ2) is 6.23. The zero-order chi connectivity index (χ0) is 20.5. The topological polar surface area (TPSA) is 61.4 Å². The van der Waals surface area contributed by atoms with Crippen LogP contribution in [0.4, 0.5) is 0 Å². The van der Waals surface area contributed by atoms with E-state index in [-0.39, 0.29) is 39.1 Å². The molecule has 0 aliphatic carbocycles. The molecule has 6 heteroatoms. The molecule has 2 atom stereocenters. The van der Waals surface area contributed by atoms with E-state index in [0.717, 1.165) is 24.0 Å². The number of hydrogen-bond donors (Lipinski definition) is 2. The molecular weight excluding hydrogens is 370 g/mol. The number of thioether (sulfide) groups is 1. The number of piperidine rings is 1. The first-order valence-electron chi connectivity index (χ1n) is 10.1. The average molecular weight is 402 g/mol. The van der Waals surface area contributed by atoms with Gasteiger partial charge < -0.3 is 15.5 Å². The fraction of sp³-hybridized carbons (Fsp3) is 0.636. The third kappa shape index (κ3) is 3.24. The molecule has 1 aromatic rings. The van der Waals surface area contributed by atoms with Gasteiger partial charge in [-0.1, -0.05) is 18.2 Å². The summed E-state index contributed by atoms with van der Waals surface area (Å²) >= 11 is 1.71. The summed E-state index contributed by atoms with van der Waals surface area (Å²) in [6.45, 7) is 12.9. The van der Waals surface area contributed by atoms with E-state index in [4.69, 9.17) is 0 Å². The molecule has 2 unspecified atom stereocenters. The summed E-state index contributed by atoms with van der Waals surface area (Å²) in [6, 6.07) is 7.37. The maximum absolute atomic E-state index is 13.5. The Bertz CT molecular complexity index is 817. The smallest absolute Gasteiger partial charge is 0.256 e. The zero-order valence-corrected chi connectivity index (χ0v) is 18.4. The average Bonchev–Trinajstić information content (AvgIpc) is 2.95. The Kier molecular flexibility index (Phi) is 4.40. The van der Waals surface area contributed by atoms with Gasteiger partial charge in [-0.25, -0.2) is 0 Å². The Morgan fingerprint density at radius 1 is 1.11 bits per heavy atom. The molecule has 2 saturated heterocycles. The van der Waals surface area contributed by atoms with Gasteiger partial charge in [-0.15, -0.1) is 11.8 Å². The summed E-state index contributed by atoms with van der Waals surface area (Å²) in [5, 5.41) is 6.88. The van der Waals surface area contributed by atoms with E-state index in [0.29, 0.717) is 0 Å². The number of rotatable bonds is 2. The summed E-state index contributed by atoms with van der Waals surface area (Å²) in [4.78, 5) is 28.4. The molecule has 152 valence electrons. The van der Waals surface area contributed by atoms with Crippen molar-refractivity contribution in [1.82, 2.24) is 15.5 Å². The Hall–Kier alpha value is -1.53. The molecule has 2 N–H and O–H groups in total. The second-order valence-electron chi connectivity index (χ2n) is 10.3. The largest absolute Gasteiger partial charge is 0.351 e. The number of amides is 2. The van der Waals surface area contributed by atoms with Crippen molar-refractivity contribution in [2.45, 2.75) is 87.7 Å². The minimum atomic E-state index is -0.469. The van der Waals surface area contributed by atoms with Crippen molar-refractivity contribution in [3.05, 3.63) is 35.4 Å². The fourth-order valence-electron chi connectivity index (χ4n) is 5.51. The number of carbonyl (C=O) groups excluding carboxylic acids is 2. The molecule has 0 radical (unpaired) electrons. The van der Waals surface area contributed by atoms with Gasteiger partial charge in [0.2, 0.25) is 5.91 Å². The molecule has 5 nitrogen and oxygen atoms in total. The summed E-state index contributed by atoms with van der Waals surface area (Å²) in [6.07, 6.45) is 1.75. The molecule has 3 aliphatic rings. The standard InChI is InChI=1S/C22H31N3O2S/c1-20(2)11-13(12-21(3,4)24-20)23-17(26)16-22(5,6)28-19-15-10-8-7-9-14(15)18(27)25(16)19/h7-10,13,16,19,24H,11-12H2,1-6H3,(H,23,26). The van der Waals surface area contributed by atoms with Crippen molar-refractivity contribution in [1.29, 1.82) is 0 Å². The van der Waals surface area contributed by atoms with Gasteiger partial charge in [-0.2, -0.15) is 0 Å². The highest BCUT2D eigenvalue weighted by atomic mass is 32.2. The van der Waals surface area contributed by atoms with Gasteiger partial charge in [0.15, 0.2) is 0 Å². The number of nitrogens with one attached hydrogen (secondary N) is 2. The minimum Gasteiger partial charge on any atom is -0.351 e. The van der Waals surface area contributed by atoms with Crippen molar-refractivity contribution in [3.8, 4) is 0 Å². The quantitative estimate of drug-likeness (QED) is 0.797. The van der Waals surface area contributed by atoms with Crippen LogP contribution in [0.2, 0.25) is 0 Å². The van der Waals surface area contributed by atoms with E-state index in [9.17, 15) is 9.59 Å². The monoisotopic (exact) mass is 401 g/mol. The van der Waals surface area contributed by atoms with Crippen LogP contribution < -0.4 is 10.6 Å². The Morgan fingerprint density at radius 2 is 1.71 bits per heavy atom. The van der Waals surface area contributed by atoms with Crippen LogP contribution in [-0.2, 0) is 4.79 Å². The molecule has 0 bridgehead atoms. The summed E-state index contributed by atoms with van der Waals surface area (Å²) in [5.41, 5.74) is 1.69. The van der Waals surface area contributed by atoms with Gasteiger partial charge in [0.25, 0.3) is 5.91 Å². The molecule has 0 saturated carbocycles. The van der Waals surface area contributed by atoms with Crippen molar-refractivity contribution < 1.29 is 9.59 Å². The molecule has 0 aromatic heterocycles. The zero-order valence-electron chi connectivity index (χ0n) is 17.6. The molecule has 0 spiro atoms. The lowest BCUT2D eigenvalue weighted by atomic mass is 9.79. The fourth-order valence-corrected chi connectivity index (χ4v) is 7.10. The van der Waals surface area contributed by atoms with Gasteiger partial charge >= 0.3 is 0 Å². The SMILES string of the molecule is CC1(C)CC(NC(=O)C2N3C(=O)c4ccccc4C3SC2(C)C)CC(C)(C)N1. The first-order valence-corrected chi connectivity index (χ1v) is 11.0. The van der Waals surface area contributed by atoms with E-state index in [2.05, 4.69) is 52.2 Å². The minimum absolute atomic E-state index is 0.0233. The highest BCUT2D eigenvalue weighted by Gasteiger charge is 2.57. The third-order valence-electron chi connectivity index (χ3n) is 6.08. The lowest BCUT2D eigenvalue weighted by Crippen LogP contribution is -2.64. The van der Waals surface area contributed by atoms with Crippen molar-refractivity contribution in [2.75, 3.05) is 0 Å². The lowest BCUT2D eigenvalue weighted by Gasteiger charge is -2.47. The van der Waals surface area contributed by atoms with Crippen LogP contribution in [0.15, 0.2) is 24.3 Å².